The summed E-state index contributed by atoms with van der Waals surface area (Å²) < 4.78 is 30.4. The fourth-order valence-corrected chi connectivity index (χ4v) is 5.04. The lowest BCUT2D eigenvalue weighted by Gasteiger charge is -2.23. The van der Waals surface area contributed by atoms with Crippen molar-refractivity contribution >= 4 is 34.8 Å². The van der Waals surface area contributed by atoms with Gasteiger partial charge in [-0.25, -0.2) is 13.8 Å². The van der Waals surface area contributed by atoms with Crippen molar-refractivity contribution in [3.05, 3.63) is 98.8 Å². The molecule has 1 N–H and O–H groups in total. The van der Waals surface area contributed by atoms with Gasteiger partial charge in [-0.05, 0) is 60.9 Å². The van der Waals surface area contributed by atoms with Crippen LogP contribution in [-0.4, -0.2) is 20.4 Å². The Kier molecular flexibility index (Phi) is 7.27. The van der Waals surface area contributed by atoms with Crippen LogP contribution in [0.1, 0.15) is 37.9 Å². The fraction of sp³-hybridized carbons (Fsp3) is 0.214. The Morgan fingerprint density at radius 1 is 0.974 bits per heavy atom. The number of carbonyl (C=O) groups is 1. The summed E-state index contributed by atoms with van der Waals surface area (Å²) in [5, 5.41) is 2.85. The van der Waals surface area contributed by atoms with Gasteiger partial charge in [0, 0.05) is 29.4 Å². The van der Waals surface area contributed by atoms with Crippen LogP contribution in [0.3, 0.4) is 0 Å². The van der Waals surface area contributed by atoms with E-state index >= 15 is 0 Å². The topological polar surface area (TPSA) is 76.9 Å². The summed E-state index contributed by atoms with van der Waals surface area (Å²) in [6.07, 6.45) is 4.57. The zero-order chi connectivity index (χ0) is 27.0. The van der Waals surface area contributed by atoms with Crippen molar-refractivity contribution in [2.24, 2.45) is 5.92 Å². The highest BCUT2D eigenvalue weighted by molar-refractivity contribution is 6.35. The number of rotatable bonds is 2. The molecule has 0 saturated carbocycles. The predicted molar refractivity (Wildman–Crippen MR) is 143 cm³/mol. The van der Waals surface area contributed by atoms with E-state index in [4.69, 9.17) is 23.2 Å². The third-order valence-corrected chi connectivity index (χ3v) is 7.31. The second kappa shape index (κ2) is 10.6. The number of anilines is 1. The van der Waals surface area contributed by atoms with Crippen LogP contribution in [0, 0.1) is 17.6 Å². The number of nitrogens with one attached hydrogen (secondary N) is 1. The van der Waals surface area contributed by atoms with Crippen molar-refractivity contribution in [3.63, 3.8) is 0 Å². The van der Waals surface area contributed by atoms with E-state index in [1.165, 1.54) is 47.3 Å². The van der Waals surface area contributed by atoms with Crippen LogP contribution < -0.4 is 10.9 Å². The molecule has 194 valence electrons. The molecular weight excluding hydrogens is 533 g/mol. The Morgan fingerprint density at radius 3 is 2.55 bits per heavy atom. The number of hydrogen-bond donors (Lipinski definition) is 1. The molecule has 10 heteroatoms. The largest absolute Gasteiger partial charge is 0.325 e. The summed E-state index contributed by atoms with van der Waals surface area (Å²) in [7, 11) is 0. The molecule has 4 aromatic rings. The Hall–Kier alpha value is -3.62. The van der Waals surface area contributed by atoms with Crippen LogP contribution >= 0.6 is 23.2 Å². The molecular formula is C28H22Cl2F2N4O2. The van der Waals surface area contributed by atoms with E-state index in [1.807, 2.05) is 6.92 Å². The van der Waals surface area contributed by atoms with E-state index in [-0.39, 0.29) is 33.1 Å². The predicted octanol–water partition coefficient (Wildman–Crippen LogP) is 6.91. The van der Waals surface area contributed by atoms with Crippen molar-refractivity contribution in [3.8, 4) is 22.4 Å². The van der Waals surface area contributed by atoms with Crippen molar-refractivity contribution in [1.29, 1.82) is 0 Å². The number of fused-ring (bicyclic) bond motifs is 4. The van der Waals surface area contributed by atoms with Crippen molar-refractivity contribution < 1.29 is 13.6 Å². The average Bonchev–Trinajstić information content (AvgIpc) is 2.90. The van der Waals surface area contributed by atoms with Gasteiger partial charge in [0.25, 0.3) is 5.56 Å². The summed E-state index contributed by atoms with van der Waals surface area (Å²) in [5.41, 5.74) is 1.75. The highest BCUT2D eigenvalue weighted by atomic mass is 35.5. The summed E-state index contributed by atoms with van der Waals surface area (Å²) in [6.45, 7) is 1.82. The third kappa shape index (κ3) is 5.06. The lowest BCUT2D eigenvalue weighted by molar-refractivity contribution is -0.119. The summed E-state index contributed by atoms with van der Waals surface area (Å²) >= 11 is 12.1. The number of pyridine rings is 1. The van der Waals surface area contributed by atoms with E-state index in [0.717, 1.165) is 0 Å². The maximum atomic E-state index is 14.7. The summed E-state index contributed by atoms with van der Waals surface area (Å²) in [6, 6.07) is 11.1. The Bertz CT molecular complexity index is 1610. The van der Waals surface area contributed by atoms with Gasteiger partial charge >= 0.3 is 0 Å². The smallest absolute Gasteiger partial charge is 0.254 e. The van der Waals surface area contributed by atoms with Gasteiger partial charge in [0.15, 0.2) is 5.82 Å². The van der Waals surface area contributed by atoms with Gasteiger partial charge in [0.1, 0.15) is 5.82 Å². The maximum Gasteiger partial charge on any atom is 0.254 e. The summed E-state index contributed by atoms with van der Waals surface area (Å²) in [4.78, 5) is 35.0. The second-order valence-electron chi connectivity index (χ2n) is 9.23. The van der Waals surface area contributed by atoms with Gasteiger partial charge in [-0.1, -0.05) is 36.5 Å². The molecule has 5 rings (SSSR count). The minimum atomic E-state index is -0.762. The zero-order valence-corrected chi connectivity index (χ0v) is 21.7. The van der Waals surface area contributed by atoms with Crippen LogP contribution in [0.25, 0.3) is 22.4 Å². The Morgan fingerprint density at radius 2 is 1.76 bits per heavy atom. The van der Waals surface area contributed by atoms with E-state index in [2.05, 4.69) is 15.3 Å². The number of benzene rings is 2. The van der Waals surface area contributed by atoms with E-state index in [9.17, 15) is 18.4 Å². The van der Waals surface area contributed by atoms with Crippen molar-refractivity contribution in [2.75, 3.05) is 5.32 Å². The first kappa shape index (κ1) is 26.0. The minimum absolute atomic E-state index is 0.0549. The van der Waals surface area contributed by atoms with Crippen molar-refractivity contribution in [1.82, 2.24) is 14.5 Å². The first-order valence-electron chi connectivity index (χ1n) is 12.0. The van der Waals surface area contributed by atoms with E-state index in [1.54, 1.807) is 18.3 Å². The van der Waals surface area contributed by atoms with Gasteiger partial charge in [-0.15, -0.1) is 0 Å². The van der Waals surface area contributed by atoms with Gasteiger partial charge in [-0.3, -0.25) is 19.1 Å². The third-order valence-electron chi connectivity index (χ3n) is 6.71. The van der Waals surface area contributed by atoms with E-state index < -0.39 is 23.2 Å². The monoisotopic (exact) mass is 554 g/mol. The van der Waals surface area contributed by atoms with Gasteiger partial charge < -0.3 is 5.32 Å². The lowest BCUT2D eigenvalue weighted by atomic mass is 9.95. The zero-order valence-electron chi connectivity index (χ0n) is 20.2. The van der Waals surface area contributed by atoms with Crippen LogP contribution in [0.4, 0.5) is 14.5 Å². The molecule has 2 bridgehead atoms. The highest BCUT2D eigenvalue weighted by Crippen LogP contribution is 2.35. The Balaban J connectivity index is 1.62. The molecule has 0 fully saturated rings. The number of aromatic nitrogens is 3. The van der Waals surface area contributed by atoms with Crippen LogP contribution in [-0.2, 0) is 4.79 Å². The Labute approximate surface area is 227 Å². The first-order chi connectivity index (χ1) is 18.2. The molecule has 6 nitrogen and oxygen atoms in total. The van der Waals surface area contributed by atoms with Crippen LogP contribution in [0.15, 0.2) is 65.8 Å². The fourth-order valence-electron chi connectivity index (χ4n) is 4.64. The number of halogens is 4. The molecule has 2 aromatic carbocycles. The van der Waals surface area contributed by atoms with Gasteiger partial charge in [-0.2, -0.15) is 0 Å². The van der Waals surface area contributed by atoms with Gasteiger partial charge in [0.05, 0.1) is 39.4 Å². The SMILES string of the molecule is CC1CCCC(n2cnc(-c3c(Cl)ccc(Cl)c3F)cc2=O)c2cc(ccn2)-c2cc(F)ccc2NC1=O. The molecule has 1 aliphatic heterocycles. The molecule has 38 heavy (non-hydrogen) atoms. The molecule has 3 heterocycles. The summed E-state index contributed by atoms with van der Waals surface area (Å²) in [5.74, 6) is -1.70. The molecule has 2 unspecified atom stereocenters. The molecule has 2 atom stereocenters. The second-order valence-corrected chi connectivity index (χ2v) is 10.0. The highest BCUT2D eigenvalue weighted by Gasteiger charge is 2.23. The number of carbonyl (C=O) groups excluding carboxylic acids is 1. The maximum absolute atomic E-state index is 14.7. The van der Waals surface area contributed by atoms with Gasteiger partial charge in [0.2, 0.25) is 5.91 Å². The normalized spacial score (nSPS) is 17.7. The molecule has 2 aromatic heterocycles. The van der Waals surface area contributed by atoms with Crippen molar-refractivity contribution in [2.45, 2.75) is 32.2 Å². The number of amides is 1. The lowest BCUT2D eigenvalue weighted by Crippen LogP contribution is -2.27. The standard InChI is InChI=1S/C28H22Cl2F2N4O2/c1-15-3-2-4-24(36-14-34-23(13-25(36)37)26-19(29)6-7-20(30)27(26)32)22-11-16(9-10-33-22)18-12-17(31)5-8-21(18)35-28(15)38/h5-15,24H,2-4H2,1H3,(H,35,38). The molecule has 1 aliphatic rings. The minimum Gasteiger partial charge on any atom is -0.325 e. The number of nitrogens with zero attached hydrogens (tertiary/aromatic N) is 3. The molecule has 0 spiro atoms. The quantitative estimate of drug-likeness (QED) is 0.273. The molecule has 0 aliphatic carbocycles. The average molecular weight is 555 g/mol. The molecule has 0 saturated heterocycles. The van der Waals surface area contributed by atoms with Crippen LogP contribution in [0.2, 0.25) is 10.0 Å². The van der Waals surface area contributed by atoms with Crippen LogP contribution in [0.5, 0.6) is 0 Å². The van der Waals surface area contributed by atoms with E-state index in [0.29, 0.717) is 41.8 Å². The number of hydrogen-bond acceptors (Lipinski definition) is 4. The molecule has 1 amide bonds. The molecule has 0 radical (unpaired) electrons. The first-order valence-corrected chi connectivity index (χ1v) is 12.8.